The first-order chi connectivity index (χ1) is 7.77. The van der Waals surface area contributed by atoms with E-state index in [1.165, 1.54) is 0 Å². The Morgan fingerprint density at radius 2 is 2.12 bits per heavy atom. The van der Waals surface area contributed by atoms with Crippen LogP contribution in [0.3, 0.4) is 0 Å². The number of hydrogen-bond donors (Lipinski definition) is 3. The van der Waals surface area contributed by atoms with Crippen LogP contribution in [0.4, 0.5) is 0 Å². The van der Waals surface area contributed by atoms with Crippen molar-refractivity contribution >= 4 is 5.84 Å². The van der Waals surface area contributed by atoms with E-state index >= 15 is 0 Å². The lowest BCUT2D eigenvalue weighted by Gasteiger charge is -2.04. The topological polar surface area (TPSA) is 70.6 Å². The van der Waals surface area contributed by atoms with Crippen molar-refractivity contribution in [3.8, 4) is 12.3 Å². The second-order valence-electron chi connectivity index (χ2n) is 3.31. The molecule has 4 heteroatoms. The van der Waals surface area contributed by atoms with Gasteiger partial charge < -0.3 is 16.3 Å². The predicted octanol–water partition coefficient (Wildman–Crippen LogP) is 0.894. The van der Waals surface area contributed by atoms with Gasteiger partial charge in [-0.25, -0.2) is 0 Å². The molecule has 0 radical (unpaired) electrons. The number of nitrogens with one attached hydrogen (secondary N) is 1. The van der Waals surface area contributed by atoms with E-state index in [0.29, 0.717) is 5.56 Å². The van der Waals surface area contributed by atoms with E-state index < -0.39 is 0 Å². The van der Waals surface area contributed by atoms with Crippen LogP contribution in [0.5, 0.6) is 0 Å². The van der Waals surface area contributed by atoms with E-state index in [1.54, 1.807) is 0 Å². The number of nitrogens with two attached hydrogens (primary N) is 1. The molecule has 0 spiro atoms. The Kier molecular flexibility index (Phi) is 4.90. The maximum absolute atomic E-state index is 8.49. The van der Waals surface area contributed by atoms with Crippen molar-refractivity contribution < 1.29 is 5.21 Å². The van der Waals surface area contributed by atoms with Crippen molar-refractivity contribution in [3.05, 3.63) is 35.4 Å². The SMILES string of the molecule is C#CCCNCc1ccc(C(N)=NO)cc1. The summed E-state index contributed by atoms with van der Waals surface area (Å²) in [5.74, 6) is 2.68. The molecular formula is C12H15N3O. The van der Waals surface area contributed by atoms with Gasteiger partial charge in [0.25, 0.3) is 0 Å². The van der Waals surface area contributed by atoms with Gasteiger partial charge in [-0.2, -0.15) is 0 Å². The molecule has 0 saturated carbocycles. The monoisotopic (exact) mass is 217 g/mol. The number of rotatable bonds is 5. The summed E-state index contributed by atoms with van der Waals surface area (Å²) in [4.78, 5) is 0. The molecule has 0 fully saturated rings. The molecule has 0 atom stereocenters. The fourth-order valence-corrected chi connectivity index (χ4v) is 1.24. The largest absolute Gasteiger partial charge is 0.409 e. The van der Waals surface area contributed by atoms with Crippen molar-refractivity contribution in [1.29, 1.82) is 0 Å². The third-order valence-electron chi connectivity index (χ3n) is 2.13. The number of nitrogens with zero attached hydrogens (tertiary/aromatic N) is 1. The number of amidine groups is 1. The van der Waals surface area contributed by atoms with Crippen molar-refractivity contribution in [2.45, 2.75) is 13.0 Å². The smallest absolute Gasteiger partial charge is 0.170 e. The van der Waals surface area contributed by atoms with Crippen LogP contribution in [0.1, 0.15) is 17.5 Å². The van der Waals surface area contributed by atoms with E-state index in [9.17, 15) is 0 Å². The molecule has 1 aromatic carbocycles. The van der Waals surface area contributed by atoms with Gasteiger partial charge in [-0.3, -0.25) is 0 Å². The molecule has 0 saturated heterocycles. The van der Waals surface area contributed by atoms with Crippen LogP contribution in [-0.2, 0) is 6.54 Å². The van der Waals surface area contributed by atoms with Gasteiger partial charge in [-0.1, -0.05) is 29.4 Å². The lowest BCUT2D eigenvalue weighted by molar-refractivity contribution is 0.318. The molecule has 0 aliphatic heterocycles. The van der Waals surface area contributed by atoms with Gasteiger partial charge in [0.05, 0.1) is 0 Å². The zero-order valence-electron chi connectivity index (χ0n) is 8.98. The van der Waals surface area contributed by atoms with E-state index in [2.05, 4.69) is 16.4 Å². The molecule has 0 heterocycles. The van der Waals surface area contributed by atoms with E-state index in [-0.39, 0.29) is 5.84 Å². The van der Waals surface area contributed by atoms with Gasteiger partial charge in [-0.05, 0) is 5.56 Å². The summed E-state index contributed by atoms with van der Waals surface area (Å²) < 4.78 is 0. The Bertz CT molecular complexity index is 390. The lowest BCUT2D eigenvalue weighted by atomic mass is 10.1. The molecule has 0 aromatic heterocycles. The number of benzene rings is 1. The first-order valence-corrected chi connectivity index (χ1v) is 4.99. The minimum absolute atomic E-state index is 0.117. The Hall–Kier alpha value is -1.99. The quantitative estimate of drug-likeness (QED) is 0.171. The Morgan fingerprint density at radius 3 is 2.69 bits per heavy atom. The second-order valence-corrected chi connectivity index (χ2v) is 3.31. The summed E-state index contributed by atoms with van der Waals surface area (Å²) in [6.45, 7) is 1.57. The first kappa shape index (κ1) is 12.1. The molecule has 84 valence electrons. The highest BCUT2D eigenvalue weighted by molar-refractivity contribution is 5.96. The zero-order chi connectivity index (χ0) is 11.8. The van der Waals surface area contributed by atoms with E-state index in [4.69, 9.17) is 17.4 Å². The molecular weight excluding hydrogens is 202 g/mol. The van der Waals surface area contributed by atoms with Crippen LogP contribution < -0.4 is 11.1 Å². The lowest BCUT2D eigenvalue weighted by Crippen LogP contribution is -2.15. The average Bonchev–Trinajstić information content (AvgIpc) is 2.34. The third kappa shape index (κ3) is 3.64. The third-order valence-corrected chi connectivity index (χ3v) is 2.13. The molecule has 0 amide bonds. The molecule has 0 aliphatic carbocycles. The summed E-state index contributed by atoms with van der Waals surface area (Å²) in [5.41, 5.74) is 7.28. The molecule has 1 rings (SSSR count). The molecule has 0 bridgehead atoms. The average molecular weight is 217 g/mol. The maximum Gasteiger partial charge on any atom is 0.170 e. The molecule has 16 heavy (non-hydrogen) atoms. The van der Waals surface area contributed by atoms with Gasteiger partial charge in [-0.15, -0.1) is 12.3 Å². The Labute approximate surface area is 95.2 Å². The number of terminal acetylenes is 1. The molecule has 1 aromatic rings. The Morgan fingerprint density at radius 1 is 1.44 bits per heavy atom. The van der Waals surface area contributed by atoms with E-state index in [1.807, 2.05) is 24.3 Å². The highest BCUT2D eigenvalue weighted by Gasteiger charge is 1.98. The number of hydrogen-bond acceptors (Lipinski definition) is 3. The van der Waals surface area contributed by atoms with Crippen LogP contribution >= 0.6 is 0 Å². The molecule has 4 N–H and O–H groups in total. The van der Waals surface area contributed by atoms with Gasteiger partial charge in [0, 0.05) is 25.1 Å². The van der Waals surface area contributed by atoms with Crippen molar-refractivity contribution in [2.24, 2.45) is 10.9 Å². The molecule has 0 unspecified atom stereocenters. The summed E-state index contributed by atoms with van der Waals surface area (Å²) in [7, 11) is 0. The fourth-order valence-electron chi connectivity index (χ4n) is 1.24. The van der Waals surface area contributed by atoms with Crippen LogP contribution in [-0.4, -0.2) is 17.6 Å². The normalized spacial score (nSPS) is 11.1. The second kappa shape index (κ2) is 6.49. The maximum atomic E-state index is 8.49. The van der Waals surface area contributed by atoms with Gasteiger partial charge >= 0.3 is 0 Å². The van der Waals surface area contributed by atoms with Gasteiger partial charge in [0.2, 0.25) is 0 Å². The molecule has 4 nitrogen and oxygen atoms in total. The fraction of sp³-hybridized carbons (Fsp3) is 0.250. The summed E-state index contributed by atoms with van der Waals surface area (Å²) in [6.07, 6.45) is 5.86. The minimum Gasteiger partial charge on any atom is -0.409 e. The number of oxime groups is 1. The van der Waals surface area contributed by atoms with Crippen LogP contribution in [0.2, 0.25) is 0 Å². The summed E-state index contributed by atoms with van der Waals surface area (Å²) in [6, 6.07) is 7.48. The summed E-state index contributed by atoms with van der Waals surface area (Å²) >= 11 is 0. The minimum atomic E-state index is 0.117. The summed E-state index contributed by atoms with van der Waals surface area (Å²) in [5, 5.41) is 14.6. The highest BCUT2D eigenvalue weighted by Crippen LogP contribution is 2.03. The van der Waals surface area contributed by atoms with E-state index in [0.717, 1.165) is 25.1 Å². The first-order valence-electron chi connectivity index (χ1n) is 4.99. The Balaban J connectivity index is 2.49. The van der Waals surface area contributed by atoms with Crippen molar-refractivity contribution in [3.63, 3.8) is 0 Å². The highest BCUT2D eigenvalue weighted by atomic mass is 16.4. The van der Waals surface area contributed by atoms with Crippen LogP contribution in [0, 0.1) is 12.3 Å². The van der Waals surface area contributed by atoms with Crippen LogP contribution in [0.15, 0.2) is 29.4 Å². The molecule has 0 aliphatic rings. The van der Waals surface area contributed by atoms with Gasteiger partial charge in [0.1, 0.15) is 0 Å². The van der Waals surface area contributed by atoms with Crippen molar-refractivity contribution in [1.82, 2.24) is 5.32 Å². The van der Waals surface area contributed by atoms with Crippen molar-refractivity contribution in [2.75, 3.05) is 6.54 Å². The predicted molar refractivity (Wildman–Crippen MR) is 64.1 cm³/mol. The van der Waals surface area contributed by atoms with Gasteiger partial charge in [0.15, 0.2) is 5.84 Å². The zero-order valence-corrected chi connectivity index (χ0v) is 8.98. The van der Waals surface area contributed by atoms with Crippen LogP contribution in [0.25, 0.3) is 0 Å². The standard InChI is InChI=1S/C12H15N3O/c1-2-3-8-14-9-10-4-6-11(7-5-10)12(13)15-16/h1,4-7,14,16H,3,8-9H2,(H2,13,15).